The SMILES string of the molecule is CNc1nc(-c2cccc(N)c2C=N)nc(NC2CCOCC2)c1C=N. The van der Waals surface area contributed by atoms with E-state index in [2.05, 4.69) is 20.6 Å². The van der Waals surface area contributed by atoms with E-state index in [9.17, 15) is 0 Å². The number of nitrogens with two attached hydrogens (primary N) is 1. The molecule has 8 heteroatoms. The molecule has 0 unspecified atom stereocenters. The quantitative estimate of drug-likeness (QED) is 0.400. The van der Waals surface area contributed by atoms with Crippen molar-refractivity contribution < 1.29 is 4.74 Å². The second kappa shape index (κ2) is 7.92. The van der Waals surface area contributed by atoms with Gasteiger partial charge in [0.25, 0.3) is 0 Å². The van der Waals surface area contributed by atoms with Gasteiger partial charge in [-0.2, -0.15) is 0 Å². The number of benzene rings is 1. The molecule has 0 amide bonds. The maximum atomic E-state index is 7.77. The third-order valence-electron chi connectivity index (χ3n) is 4.41. The van der Waals surface area contributed by atoms with Gasteiger partial charge in [0.1, 0.15) is 11.6 Å². The fourth-order valence-corrected chi connectivity index (χ4v) is 3.00. The smallest absolute Gasteiger partial charge is 0.164 e. The zero-order valence-corrected chi connectivity index (χ0v) is 14.7. The average molecular weight is 353 g/mol. The van der Waals surface area contributed by atoms with E-state index in [4.69, 9.17) is 21.3 Å². The monoisotopic (exact) mass is 353 g/mol. The standard InChI is InChI=1S/C18H23N7O/c1-22-16-14(10-20)18(23-11-5-7-26-8-6-11)25-17(24-16)12-3-2-4-15(21)13(12)9-19/h2-4,9-11,19-20H,5-8,21H2,1H3,(H2,22,23,24,25). The molecule has 136 valence electrons. The highest BCUT2D eigenvalue weighted by atomic mass is 16.5. The molecular weight excluding hydrogens is 330 g/mol. The van der Waals surface area contributed by atoms with Crippen LogP contribution in [0.4, 0.5) is 17.3 Å². The Morgan fingerprint density at radius 2 is 1.81 bits per heavy atom. The summed E-state index contributed by atoms with van der Waals surface area (Å²) >= 11 is 0. The van der Waals surface area contributed by atoms with Crippen LogP contribution in [0, 0.1) is 10.8 Å². The van der Waals surface area contributed by atoms with Crippen LogP contribution in [0.2, 0.25) is 0 Å². The lowest BCUT2D eigenvalue weighted by molar-refractivity contribution is 0.0904. The third kappa shape index (κ3) is 3.50. The van der Waals surface area contributed by atoms with E-state index >= 15 is 0 Å². The van der Waals surface area contributed by atoms with E-state index in [1.165, 1.54) is 12.4 Å². The van der Waals surface area contributed by atoms with Crippen molar-refractivity contribution in [3.63, 3.8) is 0 Å². The molecule has 26 heavy (non-hydrogen) atoms. The molecule has 0 aliphatic carbocycles. The predicted octanol–water partition coefficient (Wildman–Crippen LogP) is 2.35. The Labute approximate surface area is 152 Å². The van der Waals surface area contributed by atoms with Crippen molar-refractivity contribution in [1.29, 1.82) is 10.8 Å². The Balaban J connectivity index is 2.09. The minimum Gasteiger partial charge on any atom is -0.398 e. The van der Waals surface area contributed by atoms with Gasteiger partial charge in [-0.3, -0.25) is 0 Å². The van der Waals surface area contributed by atoms with Crippen LogP contribution in [0.1, 0.15) is 24.0 Å². The van der Waals surface area contributed by atoms with Gasteiger partial charge in [-0.1, -0.05) is 12.1 Å². The Kier molecular flexibility index (Phi) is 5.43. The van der Waals surface area contributed by atoms with E-state index in [0.717, 1.165) is 12.8 Å². The molecule has 0 atom stereocenters. The molecule has 1 aliphatic heterocycles. The fourth-order valence-electron chi connectivity index (χ4n) is 3.00. The van der Waals surface area contributed by atoms with Crippen molar-refractivity contribution in [2.75, 3.05) is 36.6 Å². The van der Waals surface area contributed by atoms with Gasteiger partial charge in [0.15, 0.2) is 5.82 Å². The molecule has 6 N–H and O–H groups in total. The van der Waals surface area contributed by atoms with Gasteiger partial charge in [-0.05, 0) is 18.9 Å². The summed E-state index contributed by atoms with van der Waals surface area (Å²) in [7, 11) is 1.76. The van der Waals surface area contributed by atoms with Crippen LogP contribution in [-0.2, 0) is 4.74 Å². The molecule has 0 saturated carbocycles. The normalized spacial score (nSPS) is 14.7. The van der Waals surface area contributed by atoms with Gasteiger partial charge < -0.3 is 31.9 Å². The first-order valence-electron chi connectivity index (χ1n) is 8.51. The molecule has 1 saturated heterocycles. The Morgan fingerprint density at radius 3 is 2.46 bits per heavy atom. The fraction of sp³-hybridized carbons (Fsp3) is 0.333. The zero-order chi connectivity index (χ0) is 18.5. The molecule has 3 rings (SSSR count). The zero-order valence-electron chi connectivity index (χ0n) is 14.7. The van der Waals surface area contributed by atoms with E-state index in [0.29, 0.717) is 53.1 Å². The van der Waals surface area contributed by atoms with Crippen molar-refractivity contribution in [3.05, 3.63) is 29.3 Å². The summed E-state index contributed by atoms with van der Waals surface area (Å²) in [5.74, 6) is 1.61. The topological polar surface area (TPSA) is 133 Å². The number of aromatic nitrogens is 2. The van der Waals surface area contributed by atoms with Gasteiger partial charge in [0.2, 0.25) is 0 Å². The molecular formula is C18H23N7O. The molecule has 8 nitrogen and oxygen atoms in total. The third-order valence-corrected chi connectivity index (χ3v) is 4.41. The lowest BCUT2D eigenvalue weighted by Crippen LogP contribution is -2.29. The molecule has 2 aromatic rings. The molecule has 0 bridgehead atoms. The summed E-state index contributed by atoms with van der Waals surface area (Å²) in [6.45, 7) is 1.42. The molecule has 1 aliphatic rings. The van der Waals surface area contributed by atoms with E-state index < -0.39 is 0 Å². The molecule has 0 radical (unpaired) electrons. The molecule has 1 aromatic carbocycles. The number of nitrogens with zero attached hydrogens (tertiary/aromatic N) is 2. The number of anilines is 3. The van der Waals surface area contributed by atoms with E-state index in [1.807, 2.05) is 12.1 Å². The predicted molar refractivity (Wildman–Crippen MR) is 105 cm³/mol. The summed E-state index contributed by atoms with van der Waals surface area (Å²) in [6, 6.07) is 5.64. The Bertz CT molecular complexity index is 815. The van der Waals surface area contributed by atoms with Crippen LogP contribution in [0.25, 0.3) is 11.4 Å². The van der Waals surface area contributed by atoms with Crippen LogP contribution in [0.3, 0.4) is 0 Å². The minimum absolute atomic E-state index is 0.234. The van der Waals surface area contributed by atoms with E-state index in [1.54, 1.807) is 13.1 Å². The number of nitrogens with one attached hydrogen (secondary N) is 4. The minimum atomic E-state index is 0.234. The van der Waals surface area contributed by atoms with Gasteiger partial charge in [-0.25, -0.2) is 9.97 Å². The van der Waals surface area contributed by atoms with Crippen LogP contribution in [0.5, 0.6) is 0 Å². The summed E-state index contributed by atoms with van der Waals surface area (Å²) < 4.78 is 5.41. The first-order chi connectivity index (χ1) is 12.7. The Morgan fingerprint density at radius 1 is 1.12 bits per heavy atom. The maximum absolute atomic E-state index is 7.77. The highest BCUT2D eigenvalue weighted by Crippen LogP contribution is 2.29. The molecule has 2 heterocycles. The van der Waals surface area contributed by atoms with E-state index in [-0.39, 0.29) is 6.04 Å². The number of rotatable bonds is 6. The van der Waals surface area contributed by atoms with Crippen molar-refractivity contribution in [1.82, 2.24) is 9.97 Å². The van der Waals surface area contributed by atoms with Crippen molar-refractivity contribution in [2.45, 2.75) is 18.9 Å². The van der Waals surface area contributed by atoms with Gasteiger partial charge in [-0.15, -0.1) is 0 Å². The average Bonchev–Trinajstić information content (AvgIpc) is 2.68. The summed E-state index contributed by atoms with van der Waals surface area (Å²) in [5.41, 5.74) is 8.36. The number of nitrogen functional groups attached to an aromatic ring is 1. The lowest BCUT2D eigenvalue weighted by atomic mass is 10.1. The van der Waals surface area contributed by atoms with Gasteiger partial charge >= 0.3 is 0 Å². The van der Waals surface area contributed by atoms with Crippen molar-refractivity contribution in [2.24, 2.45) is 0 Å². The highest BCUT2D eigenvalue weighted by Gasteiger charge is 2.20. The molecule has 0 spiro atoms. The highest BCUT2D eigenvalue weighted by molar-refractivity contribution is 5.95. The second-order valence-corrected chi connectivity index (χ2v) is 6.04. The largest absolute Gasteiger partial charge is 0.398 e. The van der Waals surface area contributed by atoms with Crippen LogP contribution in [-0.4, -0.2) is 48.7 Å². The van der Waals surface area contributed by atoms with Crippen LogP contribution in [0.15, 0.2) is 18.2 Å². The lowest BCUT2D eigenvalue weighted by Gasteiger charge is -2.25. The maximum Gasteiger partial charge on any atom is 0.164 e. The van der Waals surface area contributed by atoms with Crippen molar-refractivity contribution in [3.8, 4) is 11.4 Å². The van der Waals surface area contributed by atoms with Gasteiger partial charge in [0.05, 0.1) is 5.56 Å². The molecule has 1 fully saturated rings. The molecule has 1 aromatic heterocycles. The number of hydrogen-bond acceptors (Lipinski definition) is 8. The summed E-state index contributed by atoms with van der Waals surface area (Å²) in [6.07, 6.45) is 4.22. The van der Waals surface area contributed by atoms with Gasteiger partial charge in [0, 0.05) is 55.5 Å². The Hall–Kier alpha value is -3.00. The summed E-state index contributed by atoms with van der Waals surface area (Å²) in [4.78, 5) is 9.19. The number of ether oxygens (including phenoxy) is 1. The first kappa shape index (κ1) is 17.8. The summed E-state index contributed by atoms with van der Waals surface area (Å²) in [5, 5.41) is 21.9. The van der Waals surface area contributed by atoms with Crippen LogP contribution < -0.4 is 16.4 Å². The number of hydrogen-bond donors (Lipinski definition) is 5. The second-order valence-electron chi connectivity index (χ2n) is 6.04. The van der Waals surface area contributed by atoms with Crippen molar-refractivity contribution >= 4 is 29.8 Å². The van der Waals surface area contributed by atoms with Crippen LogP contribution >= 0.6 is 0 Å². The first-order valence-corrected chi connectivity index (χ1v) is 8.51.